The molecule has 1 amide bonds. The third-order valence-corrected chi connectivity index (χ3v) is 6.12. The van der Waals surface area contributed by atoms with Crippen LogP contribution in [0.1, 0.15) is 33.3 Å². The molecule has 4 rings (SSSR count). The number of benzene rings is 2. The van der Waals surface area contributed by atoms with Crippen LogP contribution in [0.2, 0.25) is 0 Å². The number of carbonyl (C=O) groups excluding carboxylic acids is 1. The quantitative estimate of drug-likeness (QED) is 0.414. The van der Waals surface area contributed by atoms with E-state index in [4.69, 9.17) is 4.42 Å². The SMILES string of the molecule is O=C(NCC(c1ccco1)N1CCN(c2ccc(F)cc2)CC1)c1cc(C(F)(F)F)cc(C(F)(F)F)c1. The van der Waals surface area contributed by atoms with Crippen LogP contribution in [0.4, 0.5) is 36.4 Å². The van der Waals surface area contributed by atoms with Crippen molar-refractivity contribution in [3.8, 4) is 0 Å². The summed E-state index contributed by atoms with van der Waals surface area (Å²) in [6.07, 6.45) is -8.68. The van der Waals surface area contributed by atoms with Gasteiger partial charge in [0.15, 0.2) is 0 Å². The first-order chi connectivity index (χ1) is 17.4. The van der Waals surface area contributed by atoms with Crippen LogP contribution in [0.3, 0.4) is 0 Å². The Balaban J connectivity index is 1.48. The summed E-state index contributed by atoms with van der Waals surface area (Å²) in [7, 11) is 0. The number of amides is 1. The van der Waals surface area contributed by atoms with E-state index in [1.54, 1.807) is 24.3 Å². The van der Waals surface area contributed by atoms with Gasteiger partial charge in [-0.25, -0.2) is 4.39 Å². The van der Waals surface area contributed by atoms with Gasteiger partial charge in [0.1, 0.15) is 11.6 Å². The van der Waals surface area contributed by atoms with E-state index in [0.29, 0.717) is 44.1 Å². The van der Waals surface area contributed by atoms with E-state index in [-0.39, 0.29) is 18.4 Å². The zero-order valence-corrected chi connectivity index (χ0v) is 19.2. The van der Waals surface area contributed by atoms with Gasteiger partial charge in [-0.05, 0) is 54.6 Å². The molecule has 0 radical (unpaired) electrons. The molecule has 3 aromatic rings. The molecule has 1 atom stereocenters. The van der Waals surface area contributed by atoms with Crippen LogP contribution in [0, 0.1) is 5.82 Å². The Hall–Kier alpha value is -3.54. The van der Waals surface area contributed by atoms with Gasteiger partial charge in [0.25, 0.3) is 5.91 Å². The van der Waals surface area contributed by atoms with Crippen molar-refractivity contribution < 1.29 is 39.9 Å². The second-order valence-electron chi connectivity index (χ2n) is 8.54. The molecular formula is C25H22F7N3O2. The van der Waals surface area contributed by atoms with Crippen LogP contribution < -0.4 is 10.2 Å². The van der Waals surface area contributed by atoms with Gasteiger partial charge in [0, 0.05) is 44.0 Å². The van der Waals surface area contributed by atoms with Gasteiger partial charge >= 0.3 is 12.4 Å². The summed E-state index contributed by atoms with van der Waals surface area (Å²) in [6.45, 7) is 2.06. The van der Waals surface area contributed by atoms with Crippen molar-refractivity contribution >= 4 is 11.6 Å². The summed E-state index contributed by atoms with van der Waals surface area (Å²) in [6, 6.07) is 9.63. The Kier molecular flexibility index (Phi) is 7.49. The Labute approximate surface area is 207 Å². The first kappa shape index (κ1) is 26.5. The molecule has 0 spiro atoms. The fraction of sp³-hybridized carbons (Fsp3) is 0.320. The molecule has 1 aromatic heterocycles. The average molecular weight is 529 g/mol. The molecule has 5 nitrogen and oxygen atoms in total. The van der Waals surface area contributed by atoms with Gasteiger partial charge < -0.3 is 14.6 Å². The molecule has 198 valence electrons. The lowest BCUT2D eigenvalue weighted by molar-refractivity contribution is -0.143. The smallest absolute Gasteiger partial charge is 0.416 e. The molecule has 1 saturated heterocycles. The van der Waals surface area contributed by atoms with Crippen LogP contribution in [-0.2, 0) is 12.4 Å². The largest absolute Gasteiger partial charge is 0.468 e. The Morgan fingerprint density at radius 2 is 1.49 bits per heavy atom. The molecule has 2 aromatic carbocycles. The highest BCUT2D eigenvalue weighted by Gasteiger charge is 2.37. The number of alkyl halides is 6. The number of hydrogen-bond acceptors (Lipinski definition) is 4. The molecule has 1 aliphatic heterocycles. The molecule has 1 aliphatic rings. The Morgan fingerprint density at radius 1 is 0.892 bits per heavy atom. The van der Waals surface area contributed by atoms with Crippen molar-refractivity contribution in [2.45, 2.75) is 18.4 Å². The van der Waals surface area contributed by atoms with Gasteiger partial charge in [-0.15, -0.1) is 0 Å². The van der Waals surface area contributed by atoms with Crippen LogP contribution in [-0.4, -0.2) is 43.5 Å². The van der Waals surface area contributed by atoms with Crippen molar-refractivity contribution in [1.29, 1.82) is 0 Å². The number of carbonyl (C=O) groups is 1. The number of furan rings is 1. The number of halogens is 7. The summed E-state index contributed by atoms with van der Waals surface area (Å²) in [5.74, 6) is -0.937. The Bertz CT molecular complexity index is 1170. The summed E-state index contributed by atoms with van der Waals surface area (Å²) in [4.78, 5) is 16.7. The molecule has 2 heterocycles. The first-order valence-electron chi connectivity index (χ1n) is 11.3. The lowest BCUT2D eigenvalue weighted by Gasteiger charge is -2.39. The lowest BCUT2D eigenvalue weighted by Crippen LogP contribution is -2.49. The number of anilines is 1. The van der Waals surface area contributed by atoms with E-state index in [9.17, 15) is 35.5 Å². The predicted octanol–water partition coefficient (Wildman–Crippen LogP) is 5.75. The fourth-order valence-electron chi connectivity index (χ4n) is 4.21. The number of rotatable bonds is 6. The minimum Gasteiger partial charge on any atom is -0.468 e. The highest BCUT2D eigenvalue weighted by atomic mass is 19.4. The monoisotopic (exact) mass is 529 g/mol. The maximum atomic E-state index is 13.2. The highest BCUT2D eigenvalue weighted by molar-refractivity contribution is 5.94. The zero-order valence-electron chi connectivity index (χ0n) is 19.2. The molecular weight excluding hydrogens is 507 g/mol. The minimum atomic E-state index is -5.06. The van der Waals surface area contributed by atoms with E-state index in [2.05, 4.69) is 10.2 Å². The molecule has 0 aliphatic carbocycles. The average Bonchev–Trinajstić information content (AvgIpc) is 3.38. The number of nitrogens with one attached hydrogen (secondary N) is 1. The molecule has 12 heteroatoms. The molecule has 1 N–H and O–H groups in total. The summed E-state index contributed by atoms with van der Waals surface area (Å²) in [5, 5.41) is 2.46. The van der Waals surface area contributed by atoms with E-state index in [1.807, 2.05) is 4.90 Å². The second-order valence-corrected chi connectivity index (χ2v) is 8.54. The van der Waals surface area contributed by atoms with Crippen molar-refractivity contribution in [2.75, 3.05) is 37.6 Å². The van der Waals surface area contributed by atoms with Gasteiger partial charge in [-0.1, -0.05) is 0 Å². The van der Waals surface area contributed by atoms with Gasteiger partial charge in [0.05, 0.1) is 23.4 Å². The summed E-state index contributed by atoms with van der Waals surface area (Å²) in [5.41, 5.74) is -3.03. The van der Waals surface area contributed by atoms with Crippen LogP contribution in [0.25, 0.3) is 0 Å². The molecule has 0 saturated carbocycles. The molecule has 1 unspecified atom stereocenters. The molecule has 0 bridgehead atoms. The molecule has 37 heavy (non-hydrogen) atoms. The zero-order chi connectivity index (χ0) is 26.8. The van der Waals surface area contributed by atoms with E-state index in [1.165, 1.54) is 18.4 Å². The Morgan fingerprint density at radius 3 is 2.00 bits per heavy atom. The maximum absolute atomic E-state index is 13.2. The van der Waals surface area contributed by atoms with Gasteiger partial charge in [-0.2, -0.15) is 26.3 Å². The predicted molar refractivity (Wildman–Crippen MR) is 120 cm³/mol. The number of nitrogens with zero attached hydrogens (tertiary/aromatic N) is 2. The molecule has 1 fully saturated rings. The fourth-order valence-corrected chi connectivity index (χ4v) is 4.21. The normalized spacial score (nSPS) is 16.0. The van der Waals surface area contributed by atoms with E-state index < -0.39 is 41.0 Å². The van der Waals surface area contributed by atoms with Crippen molar-refractivity contribution in [3.05, 3.63) is 89.1 Å². The van der Waals surface area contributed by atoms with E-state index in [0.717, 1.165) is 5.69 Å². The summed E-state index contributed by atoms with van der Waals surface area (Å²) < 4.78 is 97.8. The lowest BCUT2D eigenvalue weighted by atomic mass is 10.0. The maximum Gasteiger partial charge on any atom is 0.416 e. The minimum absolute atomic E-state index is 0.0248. The van der Waals surface area contributed by atoms with Crippen LogP contribution in [0.15, 0.2) is 65.3 Å². The van der Waals surface area contributed by atoms with Gasteiger partial charge in [0.2, 0.25) is 0 Å². The topological polar surface area (TPSA) is 48.7 Å². The van der Waals surface area contributed by atoms with Crippen molar-refractivity contribution in [1.82, 2.24) is 10.2 Å². The van der Waals surface area contributed by atoms with Crippen molar-refractivity contribution in [3.63, 3.8) is 0 Å². The highest BCUT2D eigenvalue weighted by Crippen LogP contribution is 2.36. The van der Waals surface area contributed by atoms with Gasteiger partial charge in [-0.3, -0.25) is 9.69 Å². The van der Waals surface area contributed by atoms with E-state index >= 15 is 0 Å². The van der Waals surface area contributed by atoms with Crippen LogP contribution >= 0.6 is 0 Å². The number of piperazine rings is 1. The van der Waals surface area contributed by atoms with Crippen molar-refractivity contribution in [2.24, 2.45) is 0 Å². The first-order valence-corrected chi connectivity index (χ1v) is 11.3. The van der Waals surface area contributed by atoms with Crippen LogP contribution in [0.5, 0.6) is 0 Å². The summed E-state index contributed by atoms with van der Waals surface area (Å²) >= 11 is 0. The standard InChI is InChI=1S/C25H22F7N3O2/c26-19-3-5-20(6-4-19)34-7-9-35(10-8-34)21(22-2-1-11-37-22)15-33-23(36)16-12-17(24(27,28)29)14-18(13-16)25(30,31)32/h1-6,11-14,21H,7-10,15H2,(H,33,36). The number of hydrogen-bond donors (Lipinski definition) is 1. The third-order valence-electron chi connectivity index (χ3n) is 6.12. The second kappa shape index (κ2) is 10.4. The third kappa shape index (κ3) is 6.43.